The second kappa shape index (κ2) is 6.06. The first-order chi connectivity index (χ1) is 8.71. The molecule has 0 bridgehead atoms. The number of aromatic carboxylic acids is 1. The molecule has 0 unspecified atom stereocenters. The normalized spacial score (nSPS) is 11.6. The first-order valence-electron chi connectivity index (χ1n) is 6.05. The Morgan fingerprint density at radius 1 is 1.37 bits per heavy atom. The van der Waals surface area contributed by atoms with Gasteiger partial charge in [0.1, 0.15) is 0 Å². The summed E-state index contributed by atoms with van der Waals surface area (Å²) < 4.78 is 26.0. The highest BCUT2D eigenvalue weighted by atomic mass is 32.2. The first-order valence-corrected chi connectivity index (χ1v) is 7.71. The average molecular weight is 285 g/mol. The van der Waals surface area contributed by atoms with Gasteiger partial charge in [0.25, 0.3) is 0 Å². The SMILES string of the molecule is Cc1ccc(NS(=O)(=O)CCC(C)C)cc1C(=O)O. The van der Waals surface area contributed by atoms with Crippen molar-refractivity contribution in [2.75, 3.05) is 10.5 Å². The lowest BCUT2D eigenvalue weighted by molar-refractivity contribution is 0.0696. The van der Waals surface area contributed by atoms with Gasteiger partial charge >= 0.3 is 5.97 Å². The van der Waals surface area contributed by atoms with E-state index in [4.69, 9.17) is 5.11 Å². The maximum absolute atomic E-state index is 11.8. The fourth-order valence-electron chi connectivity index (χ4n) is 1.54. The average Bonchev–Trinajstić information content (AvgIpc) is 2.28. The summed E-state index contributed by atoms with van der Waals surface area (Å²) in [5.74, 6) is -0.745. The van der Waals surface area contributed by atoms with Crippen LogP contribution in [0, 0.1) is 12.8 Å². The Hall–Kier alpha value is -1.56. The molecular formula is C13H19NO4S. The summed E-state index contributed by atoms with van der Waals surface area (Å²) in [6, 6.07) is 4.49. The van der Waals surface area contributed by atoms with Crippen molar-refractivity contribution in [2.45, 2.75) is 27.2 Å². The lowest BCUT2D eigenvalue weighted by atomic mass is 10.1. The highest BCUT2D eigenvalue weighted by Gasteiger charge is 2.14. The molecule has 0 aliphatic heterocycles. The summed E-state index contributed by atoms with van der Waals surface area (Å²) in [5.41, 5.74) is 0.980. The van der Waals surface area contributed by atoms with Crippen LogP contribution < -0.4 is 4.72 Å². The summed E-state index contributed by atoms with van der Waals surface area (Å²) >= 11 is 0. The van der Waals surface area contributed by atoms with Gasteiger partial charge in [-0.2, -0.15) is 0 Å². The molecule has 0 aliphatic carbocycles. The van der Waals surface area contributed by atoms with Crippen molar-refractivity contribution in [3.8, 4) is 0 Å². The van der Waals surface area contributed by atoms with E-state index < -0.39 is 16.0 Å². The molecule has 0 aliphatic rings. The van der Waals surface area contributed by atoms with Crippen molar-refractivity contribution < 1.29 is 18.3 Å². The van der Waals surface area contributed by atoms with Crippen LogP contribution in [0.4, 0.5) is 5.69 Å². The van der Waals surface area contributed by atoms with Crippen molar-refractivity contribution in [3.63, 3.8) is 0 Å². The molecule has 1 aromatic carbocycles. The number of benzene rings is 1. The molecule has 0 fully saturated rings. The second-order valence-corrected chi connectivity index (χ2v) is 6.78. The van der Waals surface area contributed by atoms with Gasteiger partial charge in [0.15, 0.2) is 0 Å². The minimum Gasteiger partial charge on any atom is -0.478 e. The minimum atomic E-state index is -3.43. The third kappa shape index (κ3) is 4.90. The number of nitrogens with one attached hydrogen (secondary N) is 1. The zero-order valence-corrected chi connectivity index (χ0v) is 12.1. The third-order valence-corrected chi connectivity index (χ3v) is 4.03. The van der Waals surface area contributed by atoms with Crippen LogP contribution in [0.2, 0.25) is 0 Å². The maximum atomic E-state index is 11.8. The monoisotopic (exact) mass is 285 g/mol. The molecule has 1 rings (SSSR count). The van der Waals surface area contributed by atoms with E-state index in [-0.39, 0.29) is 17.0 Å². The minimum absolute atomic E-state index is 0.0287. The number of anilines is 1. The Morgan fingerprint density at radius 2 is 2.00 bits per heavy atom. The molecule has 106 valence electrons. The molecule has 0 radical (unpaired) electrons. The van der Waals surface area contributed by atoms with Crippen LogP contribution in [-0.2, 0) is 10.0 Å². The molecule has 0 saturated heterocycles. The van der Waals surface area contributed by atoms with E-state index in [1.165, 1.54) is 6.07 Å². The van der Waals surface area contributed by atoms with Gasteiger partial charge in [0.05, 0.1) is 11.3 Å². The van der Waals surface area contributed by atoms with E-state index in [2.05, 4.69) is 4.72 Å². The van der Waals surface area contributed by atoms with Gasteiger partial charge in [-0.05, 0) is 37.0 Å². The molecule has 0 atom stereocenters. The number of rotatable bonds is 6. The highest BCUT2D eigenvalue weighted by molar-refractivity contribution is 7.92. The van der Waals surface area contributed by atoms with E-state index >= 15 is 0 Å². The molecule has 0 spiro atoms. The Balaban J connectivity index is 2.88. The smallest absolute Gasteiger partial charge is 0.336 e. The number of sulfonamides is 1. The number of carboxylic acids is 1. The number of hydrogen-bond donors (Lipinski definition) is 2. The summed E-state index contributed by atoms with van der Waals surface area (Å²) in [6.07, 6.45) is 0.562. The van der Waals surface area contributed by atoms with Crippen molar-refractivity contribution in [1.29, 1.82) is 0 Å². The Bertz CT molecular complexity index is 564. The predicted octanol–water partition coefficient (Wildman–Crippen LogP) is 2.48. The fourth-order valence-corrected chi connectivity index (χ4v) is 2.91. The Kier molecular flexibility index (Phi) is 4.94. The zero-order chi connectivity index (χ0) is 14.6. The van der Waals surface area contributed by atoms with Crippen LogP contribution in [0.3, 0.4) is 0 Å². The van der Waals surface area contributed by atoms with Crippen LogP contribution in [0.15, 0.2) is 18.2 Å². The molecule has 2 N–H and O–H groups in total. The second-order valence-electron chi connectivity index (χ2n) is 4.94. The topological polar surface area (TPSA) is 83.5 Å². The zero-order valence-electron chi connectivity index (χ0n) is 11.3. The number of carbonyl (C=O) groups is 1. The highest BCUT2D eigenvalue weighted by Crippen LogP contribution is 2.17. The molecular weight excluding hydrogens is 266 g/mol. The Labute approximate surface area is 113 Å². The van der Waals surface area contributed by atoms with Crippen LogP contribution in [0.25, 0.3) is 0 Å². The maximum Gasteiger partial charge on any atom is 0.336 e. The first kappa shape index (κ1) is 15.5. The van der Waals surface area contributed by atoms with Crippen LogP contribution in [0.5, 0.6) is 0 Å². The number of hydrogen-bond acceptors (Lipinski definition) is 3. The van der Waals surface area contributed by atoms with Gasteiger partial charge in [-0.3, -0.25) is 4.72 Å². The van der Waals surface area contributed by atoms with E-state index in [0.717, 1.165) is 0 Å². The predicted molar refractivity (Wildman–Crippen MR) is 75.0 cm³/mol. The summed E-state index contributed by atoms with van der Waals surface area (Å²) in [4.78, 5) is 11.0. The number of carboxylic acid groups (broad SMARTS) is 1. The van der Waals surface area contributed by atoms with Crippen molar-refractivity contribution in [2.24, 2.45) is 5.92 Å². The molecule has 0 amide bonds. The van der Waals surface area contributed by atoms with Gasteiger partial charge in [-0.25, -0.2) is 13.2 Å². The van der Waals surface area contributed by atoms with Gasteiger partial charge in [0, 0.05) is 5.69 Å². The van der Waals surface area contributed by atoms with E-state index in [1.807, 2.05) is 13.8 Å². The summed E-state index contributed by atoms with van der Waals surface area (Å²) in [5, 5.41) is 8.99. The van der Waals surface area contributed by atoms with Crippen molar-refractivity contribution in [3.05, 3.63) is 29.3 Å². The number of aryl methyl sites for hydroxylation is 1. The van der Waals surface area contributed by atoms with Crippen LogP contribution >= 0.6 is 0 Å². The largest absolute Gasteiger partial charge is 0.478 e. The van der Waals surface area contributed by atoms with Crippen LogP contribution in [0.1, 0.15) is 36.2 Å². The molecule has 0 heterocycles. The van der Waals surface area contributed by atoms with Gasteiger partial charge in [0.2, 0.25) is 10.0 Å². The van der Waals surface area contributed by atoms with E-state index in [9.17, 15) is 13.2 Å². The van der Waals surface area contributed by atoms with Crippen LogP contribution in [-0.4, -0.2) is 25.2 Å². The lowest BCUT2D eigenvalue weighted by Crippen LogP contribution is -2.18. The fraction of sp³-hybridized carbons (Fsp3) is 0.462. The molecule has 5 nitrogen and oxygen atoms in total. The van der Waals surface area contributed by atoms with Gasteiger partial charge < -0.3 is 5.11 Å². The molecule has 0 aromatic heterocycles. The molecule has 6 heteroatoms. The lowest BCUT2D eigenvalue weighted by Gasteiger charge is -2.10. The van der Waals surface area contributed by atoms with Gasteiger partial charge in [-0.1, -0.05) is 19.9 Å². The van der Waals surface area contributed by atoms with E-state index in [0.29, 0.717) is 17.9 Å². The molecule has 19 heavy (non-hydrogen) atoms. The summed E-state index contributed by atoms with van der Waals surface area (Å²) in [6.45, 7) is 5.56. The van der Waals surface area contributed by atoms with E-state index in [1.54, 1.807) is 19.1 Å². The van der Waals surface area contributed by atoms with Gasteiger partial charge in [-0.15, -0.1) is 0 Å². The third-order valence-electron chi connectivity index (χ3n) is 2.71. The van der Waals surface area contributed by atoms with Crippen molar-refractivity contribution in [1.82, 2.24) is 0 Å². The molecule has 0 saturated carbocycles. The molecule has 1 aromatic rings. The standard InChI is InChI=1S/C13H19NO4S/c1-9(2)6-7-19(17,18)14-11-5-4-10(3)12(8-11)13(15)16/h4-5,8-9,14H,6-7H2,1-3H3,(H,15,16). The summed E-state index contributed by atoms with van der Waals surface area (Å²) in [7, 11) is -3.43. The Morgan fingerprint density at radius 3 is 2.53 bits per heavy atom. The van der Waals surface area contributed by atoms with Crippen molar-refractivity contribution >= 4 is 21.7 Å². The quantitative estimate of drug-likeness (QED) is 0.841.